The van der Waals surface area contributed by atoms with Gasteiger partial charge in [-0.2, -0.15) is 4.39 Å². The molecular formula is C19H22FN5O. The van der Waals surface area contributed by atoms with Crippen LogP contribution in [0.15, 0.2) is 36.7 Å². The third-order valence-electron chi connectivity index (χ3n) is 6.06. The molecule has 3 heterocycles. The van der Waals surface area contributed by atoms with Gasteiger partial charge < -0.3 is 0 Å². The number of aromatic nitrogens is 2. The van der Waals surface area contributed by atoms with Gasteiger partial charge in [-0.05, 0) is 79.1 Å². The average molecular weight is 355 g/mol. The molecule has 3 saturated carbocycles. The molecule has 6 rings (SSSR count). The van der Waals surface area contributed by atoms with Crippen molar-refractivity contribution in [3.63, 3.8) is 0 Å². The lowest BCUT2D eigenvalue weighted by atomic mass is 9.62. The Bertz CT molecular complexity index is 793. The molecule has 0 radical (unpaired) electrons. The molecule has 26 heavy (non-hydrogen) atoms. The SMILES string of the molecule is Fc1ccc(-c2ccnc(NN3NC[C@]4(CC5CCC4CC5)O3)c2)cn1. The Balaban J connectivity index is 1.30. The minimum absolute atomic E-state index is 0.0767. The predicted octanol–water partition coefficient (Wildman–Crippen LogP) is 3.31. The van der Waals surface area contributed by atoms with Gasteiger partial charge in [-0.3, -0.25) is 10.3 Å². The zero-order valence-corrected chi connectivity index (χ0v) is 14.5. The van der Waals surface area contributed by atoms with Crippen LogP contribution in [-0.4, -0.2) is 27.4 Å². The van der Waals surface area contributed by atoms with Crippen LogP contribution in [0.2, 0.25) is 0 Å². The van der Waals surface area contributed by atoms with E-state index in [4.69, 9.17) is 4.84 Å². The first-order chi connectivity index (χ1) is 12.7. The second-order valence-corrected chi connectivity index (χ2v) is 7.62. The Morgan fingerprint density at radius 1 is 1.15 bits per heavy atom. The van der Waals surface area contributed by atoms with E-state index in [0.29, 0.717) is 11.7 Å². The summed E-state index contributed by atoms with van der Waals surface area (Å²) in [4.78, 5) is 14.4. The topological polar surface area (TPSA) is 62.3 Å². The van der Waals surface area contributed by atoms with Gasteiger partial charge in [0.25, 0.3) is 0 Å². The van der Waals surface area contributed by atoms with Crippen LogP contribution >= 0.6 is 0 Å². The summed E-state index contributed by atoms with van der Waals surface area (Å²) in [5.41, 5.74) is 8.18. The van der Waals surface area contributed by atoms with Crippen molar-refractivity contribution in [3.05, 3.63) is 42.6 Å². The van der Waals surface area contributed by atoms with Crippen molar-refractivity contribution in [1.29, 1.82) is 0 Å². The number of fused-ring (bicyclic) bond motifs is 2. The van der Waals surface area contributed by atoms with Gasteiger partial charge in [0.2, 0.25) is 5.95 Å². The number of nitrogens with zero attached hydrogens (tertiary/aromatic N) is 3. The van der Waals surface area contributed by atoms with Crippen molar-refractivity contribution in [3.8, 4) is 11.1 Å². The largest absolute Gasteiger partial charge is 0.265 e. The smallest absolute Gasteiger partial charge is 0.212 e. The van der Waals surface area contributed by atoms with E-state index in [1.807, 2.05) is 12.1 Å². The number of pyridine rings is 2. The highest BCUT2D eigenvalue weighted by Crippen LogP contribution is 2.50. The van der Waals surface area contributed by atoms with Crippen molar-refractivity contribution in [1.82, 2.24) is 20.7 Å². The van der Waals surface area contributed by atoms with Crippen LogP contribution in [0.4, 0.5) is 10.2 Å². The van der Waals surface area contributed by atoms with Gasteiger partial charge in [-0.1, -0.05) is 0 Å². The van der Waals surface area contributed by atoms with E-state index in [9.17, 15) is 4.39 Å². The van der Waals surface area contributed by atoms with Gasteiger partial charge in [-0.25, -0.2) is 15.4 Å². The number of nitrogens with one attached hydrogen (secondary N) is 2. The summed E-state index contributed by atoms with van der Waals surface area (Å²) in [5.74, 6) is 1.62. The van der Waals surface area contributed by atoms with Crippen molar-refractivity contribution in [2.45, 2.75) is 37.7 Å². The molecule has 1 atom stereocenters. The lowest BCUT2D eigenvalue weighted by Crippen LogP contribution is -2.50. The normalized spacial score (nSPS) is 30.8. The molecule has 2 aromatic heterocycles. The van der Waals surface area contributed by atoms with Crippen LogP contribution in [0.3, 0.4) is 0 Å². The number of anilines is 1. The van der Waals surface area contributed by atoms with E-state index in [1.165, 1.54) is 37.9 Å². The fourth-order valence-corrected chi connectivity index (χ4v) is 4.71. The number of hydrogen-bond donors (Lipinski definition) is 2. The summed E-state index contributed by atoms with van der Waals surface area (Å²) in [6.07, 6.45) is 9.60. The molecule has 136 valence electrons. The Morgan fingerprint density at radius 3 is 2.77 bits per heavy atom. The quantitative estimate of drug-likeness (QED) is 0.824. The van der Waals surface area contributed by atoms with Crippen LogP contribution in [0.5, 0.6) is 0 Å². The predicted molar refractivity (Wildman–Crippen MR) is 94.8 cm³/mol. The van der Waals surface area contributed by atoms with Gasteiger partial charge in [-0.15, -0.1) is 0 Å². The van der Waals surface area contributed by atoms with E-state index in [2.05, 4.69) is 20.8 Å². The number of hydrazine groups is 2. The van der Waals surface area contributed by atoms with Crippen LogP contribution in [0.1, 0.15) is 32.1 Å². The molecule has 0 unspecified atom stereocenters. The molecule has 1 aliphatic heterocycles. The van der Waals surface area contributed by atoms with Gasteiger partial charge in [0.1, 0.15) is 11.4 Å². The molecule has 3 aliphatic carbocycles. The molecular weight excluding hydrogens is 333 g/mol. The first kappa shape index (κ1) is 16.1. The van der Waals surface area contributed by atoms with Crippen LogP contribution in [-0.2, 0) is 4.84 Å². The maximum Gasteiger partial charge on any atom is 0.212 e. The monoisotopic (exact) mass is 355 g/mol. The summed E-state index contributed by atoms with van der Waals surface area (Å²) in [5, 5.41) is 1.61. The Kier molecular flexibility index (Phi) is 3.88. The summed E-state index contributed by atoms with van der Waals surface area (Å²) < 4.78 is 13.0. The zero-order valence-electron chi connectivity index (χ0n) is 14.5. The summed E-state index contributed by atoms with van der Waals surface area (Å²) >= 11 is 0. The highest BCUT2D eigenvalue weighted by molar-refractivity contribution is 5.65. The molecule has 0 aromatic carbocycles. The molecule has 4 aliphatic rings. The van der Waals surface area contributed by atoms with Gasteiger partial charge in [0.05, 0.1) is 0 Å². The molecule has 4 fully saturated rings. The van der Waals surface area contributed by atoms with Gasteiger partial charge in [0, 0.05) is 24.5 Å². The number of hydrogen-bond acceptors (Lipinski definition) is 6. The van der Waals surface area contributed by atoms with Crippen molar-refractivity contribution >= 4 is 5.82 Å². The van der Waals surface area contributed by atoms with Crippen LogP contribution in [0.25, 0.3) is 11.1 Å². The molecule has 2 N–H and O–H groups in total. The summed E-state index contributed by atoms with van der Waals surface area (Å²) in [7, 11) is 0. The average Bonchev–Trinajstić information content (AvgIpc) is 3.05. The molecule has 0 amide bonds. The van der Waals surface area contributed by atoms with E-state index >= 15 is 0 Å². The lowest BCUT2D eigenvalue weighted by molar-refractivity contribution is -0.235. The Labute approximate surface area is 151 Å². The highest BCUT2D eigenvalue weighted by atomic mass is 19.1. The second-order valence-electron chi connectivity index (χ2n) is 7.62. The van der Waals surface area contributed by atoms with Crippen molar-refractivity contribution in [2.24, 2.45) is 11.8 Å². The maximum atomic E-state index is 13.0. The van der Waals surface area contributed by atoms with Crippen LogP contribution < -0.4 is 10.9 Å². The zero-order chi connectivity index (χ0) is 17.6. The Morgan fingerprint density at radius 2 is 2.04 bits per heavy atom. The minimum atomic E-state index is -0.483. The number of rotatable bonds is 3. The first-order valence-electron chi connectivity index (χ1n) is 9.28. The maximum absolute atomic E-state index is 13.0. The fraction of sp³-hybridized carbons (Fsp3) is 0.474. The van der Waals surface area contributed by atoms with Gasteiger partial charge in [0.15, 0.2) is 0 Å². The highest BCUT2D eigenvalue weighted by Gasteiger charge is 2.52. The van der Waals surface area contributed by atoms with E-state index in [-0.39, 0.29) is 5.60 Å². The Hall–Kier alpha value is -2.09. The van der Waals surface area contributed by atoms with Gasteiger partial charge >= 0.3 is 0 Å². The molecule has 2 aromatic rings. The third kappa shape index (κ3) is 2.86. The lowest BCUT2D eigenvalue weighted by Gasteiger charge is -2.47. The van der Waals surface area contributed by atoms with Crippen LogP contribution in [0, 0.1) is 17.8 Å². The van der Waals surface area contributed by atoms with Crippen molar-refractivity contribution in [2.75, 3.05) is 12.0 Å². The molecule has 2 bridgehead atoms. The molecule has 1 spiro atoms. The molecule has 6 nitrogen and oxygen atoms in total. The van der Waals surface area contributed by atoms with E-state index in [0.717, 1.165) is 30.0 Å². The fourth-order valence-electron chi connectivity index (χ4n) is 4.71. The minimum Gasteiger partial charge on any atom is -0.265 e. The van der Waals surface area contributed by atoms with E-state index < -0.39 is 5.95 Å². The first-order valence-corrected chi connectivity index (χ1v) is 9.28. The van der Waals surface area contributed by atoms with Crippen molar-refractivity contribution < 1.29 is 9.23 Å². The standard InChI is InChI=1S/C19H22FN5O/c20-17-6-3-15(11-22-17)14-7-8-21-18(9-14)24-25-23-12-19(26-25)10-13-1-4-16(19)5-2-13/h3,6-9,11,13,16,23H,1-2,4-5,10,12H2,(H,21,24)/t13?,16?,19-/m0/s1. The summed E-state index contributed by atoms with van der Waals surface area (Å²) in [6.45, 7) is 0.836. The summed E-state index contributed by atoms with van der Waals surface area (Å²) in [6, 6.07) is 6.84. The molecule has 1 saturated heterocycles. The second kappa shape index (κ2) is 6.26. The van der Waals surface area contributed by atoms with E-state index in [1.54, 1.807) is 17.5 Å². The third-order valence-corrected chi connectivity index (χ3v) is 6.06. The molecule has 7 heteroatoms. The number of halogens is 1.